The molecule has 0 bridgehead atoms. The van der Waals surface area contributed by atoms with Crippen LogP contribution in [-0.4, -0.2) is 16.2 Å². The van der Waals surface area contributed by atoms with Crippen molar-refractivity contribution < 1.29 is 14.4 Å². The average molecular weight is 253 g/mol. The van der Waals surface area contributed by atoms with E-state index in [9.17, 15) is 9.90 Å². The maximum atomic E-state index is 11.2. The van der Waals surface area contributed by atoms with Gasteiger partial charge < -0.3 is 9.63 Å². The second kappa shape index (κ2) is 4.24. The van der Waals surface area contributed by atoms with E-state index in [1.54, 1.807) is 6.92 Å². The van der Waals surface area contributed by atoms with E-state index in [0.29, 0.717) is 11.5 Å². The second-order valence-electron chi connectivity index (χ2n) is 4.33. The summed E-state index contributed by atoms with van der Waals surface area (Å²) in [6, 6.07) is 13.6. The van der Waals surface area contributed by atoms with E-state index in [0.717, 1.165) is 16.3 Å². The molecule has 0 aliphatic rings. The molecule has 0 atom stereocenters. The number of nitrogens with zero attached hydrogens (tertiary/aromatic N) is 1. The average Bonchev–Trinajstić information content (AvgIpc) is 2.80. The molecule has 0 unspecified atom stereocenters. The molecule has 0 spiro atoms. The normalized spacial score (nSPS) is 10.8. The molecule has 2 aromatic carbocycles. The standard InChI is InChI=1S/C15H11NO3/c1-9-13(15(17)18)14(16-19-9)12-7-6-10-4-2-3-5-11(10)8-12/h2-8H,1H3,(H,17,18). The number of benzene rings is 2. The second-order valence-corrected chi connectivity index (χ2v) is 4.33. The zero-order chi connectivity index (χ0) is 13.4. The molecule has 1 heterocycles. The van der Waals surface area contributed by atoms with Crippen LogP contribution in [0.1, 0.15) is 16.1 Å². The first-order valence-corrected chi connectivity index (χ1v) is 5.85. The quantitative estimate of drug-likeness (QED) is 0.759. The highest BCUT2D eigenvalue weighted by Crippen LogP contribution is 2.28. The fourth-order valence-corrected chi connectivity index (χ4v) is 2.16. The summed E-state index contributed by atoms with van der Waals surface area (Å²) in [6.07, 6.45) is 0. The van der Waals surface area contributed by atoms with Gasteiger partial charge in [0.05, 0.1) is 0 Å². The number of carbonyl (C=O) groups is 1. The number of hydrogen-bond donors (Lipinski definition) is 1. The summed E-state index contributed by atoms with van der Waals surface area (Å²) in [4.78, 5) is 11.2. The number of aromatic carboxylic acids is 1. The van der Waals surface area contributed by atoms with E-state index in [2.05, 4.69) is 5.16 Å². The molecular formula is C15H11NO3. The van der Waals surface area contributed by atoms with Crippen molar-refractivity contribution >= 4 is 16.7 Å². The van der Waals surface area contributed by atoms with E-state index in [-0.39, 0.29) is 5.56 Å². The lowest BCUT2D eigenvalue weighted by Crippen LogP contribution is -1.99. The van der Waals surface area contributed by atoms with E-state index < -0.39 is 5.97 Å². The predicted octanol–water partition coefficient (Wildman–Crippen LogP) is 3.50. The van der Waals surface area contributed by atoms with Crippen molar-refractivity contribution in [3.63, 3.8) is 0 Å². The molecule has 3 aromatic rings. The van der Waals surface area contributed by atoms with Crippen LogP contribution < -0.4 is 0 Å². The lowest BCUT2D eigenvalue weighted by atomic mass is 10.0. The molecule has 4 heteroatoms. The van der Waals surface area contributed by atoms with E-state index >= 15 is 0 Å². The van der Waals surface area contributed by atoms with Crippen LogP contribution in [0.25, 0.3) is 22.0 Å². The molecule has 4 nitrogen and oxygen atoms in total. The van der Waals surface area contributed by atoms with Gasteiger partial charge in [-0.05, 0) is 23.8 Å². The summed E-state index contributed by atoms with van der Waals surface area (Å²) in [5.74, 6) is -0.711. The van der Waals surface area contributed by atoms with Crippen LogP contribution in [0.2, 0.25) is 0 Å². The fourth-order valence-electron chi connectivity index (χ4n) is 2.16. The lowest BCUT2D eigenvalue weighted by Gasteiger charge is -2.01. The van der Waals surface area contributed by atoms with Gasteiger partial charge >= 0.3 is 5.97 Å². The zero-order valence-electron chi connectivity index (χ0n) is 10.3. The largest absolute Gasteiger partial charge is 0.477 e. The van der Waals surface area contributed by atoms with E-state index in [1.807, 2.05) is 42.5 Å². The Hall–Kier alpha value is -2.62. The number of aryl methyl sites for hydroxylation is 1. The van der Waals surface area contributed by atoms with Crippen molar-refractivity contribution in [3.05, 3.63) is 53.8 Å². The molecular weight excluding hydrogens is 242 g/mol. The predicted molar refractivity (Wildman–Crippen MR) is 71.1 cm³/mol. The smallest absolute Gasteiger partial charge is 0.341 e. The molecule has 94 valence electrons. The Balaban J connectivity index is 2.22. The summed E-state index contributed by atoms with van der Waals surface area (Å²) in [5, 5.41) is 15.2. The van der Waals surface area contributed by atoms with E-state index in [4.69, 9.17) is 4.52 Å². The minimum Gasteiger partial charge on any atom is -0.477 e. The van der Waals surface area contributed by atoms with Crippen LogP contribution in [0.5, 0.6) is 0 Å². The monoisotopic (exact) mass is 253 g/mol. The van der Waals surface area contributed by atoms with Crippen molar-refractivity contribution in [1.82, 2.24) is 5.16 Å². The SMILES string of the molecule is Cc1onc(-c2ccc3ccccc3c2)c1C(=O)O. The first-order chi connectivity index (χ1) is 9.16. The number of rotatable bonds is 2. The van der Waals surface area contributed by atoms with Crippen LogP contribution in [0.4, 0.5) is 0 Å². The summed E-state index contributed by atoms with van der Waals surface area (Å²) in [6.45, 7) is 1.60. The number of aromatic nitrogens is 1. The molecule has 0 amide bonds. The molecule has 1 aromatic heterocycles. The lowest BCUT2D eigenvalue weighted by molar-refractivity contribution is 0.0696. The molecule has 0 aliphatic carbocycles. The third-order valence-electron chi connectivity index (χ3n) is 3.10. The van der Waals surface area contributed by atoms with Gasteiger partial charge in [0.1, 0.15) is 17.0 Å². The van der Waals surface area contributed by atoms with Gasteiger partial charge in [-0.2, -0.15) is 0 Å². The molecule has 3 rings (SSSR count). The highest BCUT2D eigenvalue weighted by Gasteiger charge is 2.20. The summed E-state index contributed by atoms with van der Waals surface area (Å²) in [7, 11) is 0. The molecule has 19 heavy (non-hydrogen) atoms. The van der Waals surface area contributed by atoms with Crippen LogP contribution in [-0.2, 0) is 0 Å². The van der Waals surface area contributed by atoms with Crippen molar-refractivity contribution in [2.75, 3.05) is 0 Å². The maximum absolute atomic E-state index is 11.2. The maximum Gasteiger partial charge on any atom is 0.341 e. The number of carboxylic acids is 1. The minimum absolute atomic E-state index is 0.121. The first kappa shape index (κ1) is 11.5. The Labute approximate surface area is 109 Å². The van der Waals surface area contributed by atoms with Gasteiger partial charge in [0.25, 0.3) is 0 Å². The van der Waals surface area contributed by atoms with Crippen molar-refractivity contribution in [3.8, 4) is 11.3 Å². The topological polar surface area (TPSA) is 63.3 Å². The molecule has 1 N–H and O–H groups in total. The molecule has 0 radical (unpaired) electrons. The van der Waals surface area contributed by atoms with Gasteiger partial charge in [-0.15, -0.1) is 0 Å². The molecule has 0 aliphatic heterocycles. The zero-order valence-corrected chi connectivity index (χ0v) is 10.3. The Bertz CT molecular complexity index is 774. The molecule has 0 saturated carbocycles. The highest BCUT2D eigenvalue weighted by atomic mass is 16.5. The van der Waals surface area contributed by atoms with Gasteiger partial charge in [-0.3, -0.25) is 0 Å². The first-order valence-electron chi connectivity index (χ1n) is 5.85. The Morgan fingerprint density at radius 3 is 2.63 bits per heavy atom. The van der Waals surface area contributed by atoms with E-state index in [1.165, 1.54) is 0 Å². The van der Waals surface area contributed by atoms with Crippen LogP contribution in [0, 0.1) is 6.92 Å². The minimum atomic E-state index is -1.03. The van der Waals surface area contributed by atoms with Crippen molar-refractivity contribution in [2.45, 2.75) is 6.92 Å². The summed E-state index contributed by atoms with van der Waals surface area (Å²) in [5.41, 5.74) is 1.24. The third-order valence-corrected chi connectivity index (χ3v) is 3.10. The third kappa shape index (κ3) is 1.87. The number of hydrogen-bond acceptors (Lipinski definition) is 3. The molecule has 0 saturated heterocycles. The van der Waals surface area contributed by atoms with Gasteiger partial charge in [0.2, 0.25) is 0 Å². The van der Waals surface area contributed by atoms with Crippen LogP contribution in [0.3, 0.4) is 0 Å². The Kier molecular flexibility index (Phi) is 2.56. The summed E-state index contributed by atoms with van der Waals surface area (Å²) >= 11 is 0. The van der Waals surface area contributed by atoms with Gasteiger partial charge in [0.15, 0.2) is 0 Å². The van der Waals surface area contributed by atoms with Crippen molar-refractivity contribution in [2.24, 2.45) is 0 Å². The fraction of sp³-hybridized carbons (Fsp3) is 0.0667. The number of fused-ring (bicyclic) bond motifs is 1. The van der Waals surface area contributed by atoms with Crippen LogP contribution in [0.15, 0.2) is 47.0 Å². The molecule has 0 fully saturated rings. The van der Waals surface area contributed by atoms with Gasteiger partial charge in [-0.25, -0.2) is 4.79 Å². The van der Waals surface area contributed by atoms with Crippen LogP contribution >= 0.6 is 0 Å². The van der Waals surface area contributed by atoms with Gasteiger partial charge in [-0.1, -0.05) is 41.6 Å². The Morgan fingerprint density at radius 2 is 1.89 bits per heavy atom. The highest BCUT2D eigenvalue weighted by molar-refractivity contribution is 5.97. The number of carboxylic acid groups (broad SMARTS) is 1. The van der Waals surface area contributed by atoms with Gasteiger partial charge in [0, 0.05) is 5.56 Å². The summed E-state index contributed by atoms with van der Waals surface area (Å²) < 4.78 is 4.99. The Morgan fingerprint density at radius 1 is 1.16 bits per heavy atom. The van der Waals surface area contributed by atoms with Crippen molar-refractivity contribution in [1.29, 1.82) is 0 Å².